The first-order chi connectivity index (χ1) is 15.6. The predicted octanol–water partition coefficient (Wildman–Crippen LogP) is 5.49. The Bertz CT molecular complexity index is 1300. The number of amides is 1. The van der Waals surface area contributed by atoms with Crippen LogP contribution in [0.15, 0.2) is 76.1 Å². The van der Waals surface area contributed by atoms with E-state index >= 15 is 0 Å². The van der Waals surface area contributed by atoms with Crippen molar-refractivity contribution in [1.29, 1.82) is 0 Å². The zero-order valence-electron chi connectivity index (χ0n) is 16.7. The lowest BCUT2D eigenvalue weighted by molar-refractivity contribution is -0.384. The van der Waals surface area contributed by atoms with Crippen LogP contribution < -0.4 is 5.32 Å². The second kappa shape index (κ2) is 10.6. The third-order valence-electron chi connectivity index (χ3n) is 4.47. The first-order valence-corrected chi connectivity index (χ1v) is 12.3. The average molecular weight is 573 g/mol. The number of sulfonamides is 1. The highest BCUT2D eigenvalue weighted by Gasteiger charge is 2.28. The zero-order valence-corrected chi connectivity index (χ0v) is 20.7. The maximum atomic E-state index is 13.3. The minimum atomic E-state index is -4.10. The maximum absolute atomic E-state index is 13.3. The number of hydrogen-bond donors (Lipinski definition) is 1. The molecule has 3 aromatic rings. The molecule has 0 saturated heterocycles. The summed E-state index contributed by atoms with van der Waals surface area (Å²) in [5.74, 6) is -0.679. The lowest BCUT2D eigenvalue weighted by atomic mass is 10.2. The molecule has 0 atom stereocenters. The van der Waals surface area contributed by atoms with Crippen molar-refractivity contribution in [1.82, 2.24) is 4.31 Å². The van der Waals surface area contributed by atoms with Crippen LogP contribution in [-0.2, 0) is 21.4 Å². The molecular weight excluding hydrogens is 557 g/mol. The van der Waals surface area contributed by atoms with Gasteiger partial charge in [0.1, 0.15) is 0 Å². The molecule has 172 valence electrons. The number of carbonyl (C=O) groups excluding carboxylic acids is 1. The van der Waals surface area contributed by atoms with Gasteiger partial charge in [-0.05, 0) is 48.0 Å². The van der Waals surface area contributed by atoms with Crippen LogP contribution in [-0.4, -0.2) is 30.1 Å². The van der Waals surface area contributed by atoms with E-state index in [4.69, 9.17) is 23.2 Å². The molecular formula is C21H16BrCl2N3O5S. The number of halogens is 3. The van der Waals surface area contributed by atoms with Gasteiger partial charge in [0.25, 0.3) is 5.69 Å². The zero-order chi connectivity index (χ0) is 24.2. The second-order valence-electron chi connectivity index (χ2n) is 6.82. The van der Waals surface area contributed by atoms with Crippen molar-refractivity contribution >= 4 is 66.4 Å². The van der Waals surface area contributed by atoms with Gasteiger partial charge >= 0.3 is 0 Å². The van der Waals surface area contributed by atoms with Gasteiger partial charge in [0.15, 0.2) is 0 Å². The lowest BCUT2D eigenvalue weighted by Gasteiger charge is -2.22. The molecule has 0 saturated carbocycles. The van der Waals surface area contributed by atoms with Gasteiger partial charge in [-0.2, -0.15) is 4.31 Å². The van der Waals surface area contributed by atoms with E-state index in [1.165, 1.54) is 42.5 Å². The quantitative estimate of drug-likeness (QED) is 0.283. The molecule has 0 spiro atoms. The van der Waals surface area contributed by atoms with Crippen LogP contribution in [0.4, 0.5) is 11.4 Å². The van der Waals surface area contributed by atoms with Gasteiger partial charge in [0.05, 0.1) is 16.4 Å². The number of anilines is 1. The van der Waals surface area contributed by atoms with Crippen molar-refractivity contribution in [3.05, 3.63) is 96.9 Å². The fourth-order valence-electron chi connectivity index (χ4n) is 2.88. The van der Waals surface area contributed by atoms with E-state index in [9.17, 15) is 23.3 Å². The highest BCUT2D eigenvalue weighted by molar-refractivity contribution is 9.10. The maximum Gasteiger partial charge on any atom is 0.271 e. The number of nitro benzene ring substituents is 1. The molecule has 0 aromatic heterocycles. The summed E-state index contributed by atoms with van der Waals surface area (Å²) in [5, 5.41) is 14.1. The summed E-state index contributed by atoms with van der Waals surface area (Å²) in [5.41, 5.74) is 0.407. The van der Waals surface area contributed by atoms with Crippen LogP contribution in [0.1, 0.15) is 5.56 Å². The van der Waals surface area contributed by atoms with Gasteiger partial charge in [-0.1, -0.05) is 51.3 Å². The third-order valence-corrected chi connectivity index (χ3v) is 7.40. The fourth-order valence-corrected chi connectivity index (χ4v) is 4.99. The highest BCUT2D eigenvalue weighted by atomic mass is 79.9. The SMILES string of the molecule is O=C(CN(Cc1ccc(Cl)cc1Cl)S(=O)(=O)c1ccc(Br)cc1)Nc1cccc([N+](=O)[O-])c1. The van der Waals surface area contributed by atoms with Crippen LogP contribution in [0, 0.1) is 10.1 Å². The number of rotatable bonds is 8. The Kier molecular flexibility index (Phi) is 8.09. The van der Waals surface area contributed by atoms with Crippen molar-refractivity contribution in [2.45, 2.75) is 11.4 Å². The van der Waals surface area contributed by atoms with E-state index < -0.39 is 27.4 Å². The molecule has 0 fully saturated rings. The van der Waals surface area contributed by atoms with E-state index in [0.29, 0.717) is 15.1 Å². The van der Waals surface area contributed by atoms with Gasteiger partial charge in [0.2, 0.25) is 15.9 Å². The van der Waals surface area contributed by atoms with Gasteiger partial charge in [-0.15, -0.1) is 0 Å². The van der Waals surface area contributed by atoms with Crippen LogP contribution >= 0.6 is 39.1 Å². The standard InChI is InChI=1S/C21H16BrCl2N3O5S/c22-15-5-8-19(9-6-15)33(31,32)26(12-14-4-7-16(23)10-20(14)24)13-21(28)25-17-2-1-3-18(11-17)27(29)30/h1-11H,12-13H2,(H,25,28). The molecule has 1 amide bonds. The van der Waals surface area contributed by atoms with Gasteiger partial charge in [0, 0.05) is 38.9 Å². The summed E-state index contributed by atoms with van der Waals surface area (Å²) in [6.07, 6.45) is 0. The minimum Gasteiger partial charge on any atom is -0.325 e. The Hall–Kier alpha value is -2.50. The van der Waals surface area contributed by atoms with Gasteiger partial charge in [-0.3, -0.25) is 14.9 Å². The number of nitrogens with zero attached hydrogens (tertiary/aromatic N) is 2. The molecule has 0 unspecified atom stereocenters. The molecule has 3 aromatic carbocycles. The van der Waals surface area contributed by atoms with Crippen molar-refractivity contribution in [2.24, 2.45) is 0 Å². The highest BCUT2D eigenvalue weighted by Crippen LogP contribution is 2.26. The monoisotopic (exact) mass is 571 g/mol. The molecule has 33 heavy (non-hydrogen) atoms. The van der Waals surface area contributed by atoms with E-state index in [-0.39, 0.29) is 27.8 Å². The Morgan fingerprint density at radius 2 is 1.76 bits per heavy atom. The Morgan fingerprint density at radius 1 is 1.06 bits per heavy atom. The Balaban J connectivity index is 1.90. The normalized spacial score (nSPS) is 11.4. The summed E-state index contributed by atoms with van der Waals surface area (Å²) >= 11 is 15.4. The fraction of sp³-hybridized carbons (Fsp3) is 0.0952. The smallest absolute Gasteiger partial charge is 0.271 e. The van der Waals surface area contributed by atoms with Crippen LogP contribution in [0.3, 0.4) is 0 Å². The molecule has 0 aliphatic carbocycles. The van der Waals surface area contributed by atoms with Gasteiger partial charge < -0.3 is 5.32 Å². The third kappa shape index (κ3) is 6.52. The summed E-state index contributed by atoms with van der Waals surface area (Å²) < 4.78 is 28.3. The van der Waals surface area contributed by atoms with E-state index in [1.807, 2.05) is 0 Å². The molecule has 12 heteroatoms. The number of nitrogens with one attached hydrogen (secondary N) is 1. The molecule has 0 aliphatic rings. The molecule has 3 rings (SSSR count). The largest absolute Gasteiger partial charge is 0.325 e. The van der Waals surface area contributed by atoms with Crippen molar-refractivity contribution in [3.8, 4) is 0 Å². The van der Waals surface area contributed by atoms with Crippen LogP contribution in [0.5, 0.6) is 0 Å². The summed E-state index contributed by atoms with van der Waals surface area (Å²) in [7, 11) is -4.10. The van der Waals surface area contributed by atoms with E-state index in [1.54, 1.807) is 24.3 Å². The lowest BCUT2D eigenvalue weighted by Crippen LogP contribution is -2.37. The number of nitro groups is 1. The van der Waals surface area contributed by atoms with Crippen molar-refractivity contribution in [2.75, 3.05) is 11.9 Å². The Labute approximate surface area is 208 Å². The molecule has 0 bridgehead atoms. The number of benzene rings is 3. The molecule has 0 aliphatic heterocycles. The molecule has 0 heterocycles. The summed E-state index contributed by atoms with van der Waals surface area (Å²) in [4.78, 5) is 23.1. The Morgan fingerprint density at radius 3 is 2.39 bits per heavy atom. The second-order valence-corrected chi connectivity index (χ2v) is 10.5. The van der Waals surface area contributed by atoms with Crippen molar-refractivity contribution < 1.29 is 18.1 Å². The van der Waals surface area contributed by atoms with Crippen LogP contribution in [0.25, 0.3) is 0 Å². The molecule has 0 radical (unpaired) electrons. The van der Waals surface area contributed by atoms with Crippen molar-refractivity contribution in [3.63, 3.8) is 0 Å². The van der Waals surface area contributed by atoms with E-state index in [0.717, 1.165) is 4.31 Å². The number of hydrogen-bond acceptors (Lipinski definition) is 5. The molecule has 1 N–H and O–H groups in total. The predicted molar refractivity (Wildman–Crippen MR) is 130 cm³/mol. The first kappa shape index (κ1) is 25.1. The number of non-ortho nitro benzene ring substituents is 1. The average Bonchev–Trinajstić information content (AvgIpc) is 2.75. The van der Waals surface area contributed by atoms with E-state index in [2.05, 4.69) is 21.2 Å². The summed E-state index contributed by atoms with van der Waals surface area (Å²) in [6.45, 7) is -0.753. The first-order valence-electron chi connectivity index (χ1n) is 9.30. The minimum absolute atomic E-state index is 0.0149. The van der Waals surface area contributed by atoms with Crippen LogP contribution in [0.2, 0.25) is 10.0 Å². The summed E-state index contributed by atoms with van der Waals surface area (Å²) in [6, 6.07) is 15.9. The topological polar surface area (TPSA) is 110 Å². The number of carbonyl (C=O) groups is 1. The molecule has 8 nitrogen and oxygen atoms in total. The van der Waals surface area contributed by atoms with Gasteiger partial charge in [-0.25, -0.2) is 8.42 Å².